The van der Waals surface area contributed by atoms with Crippen molar-refractivity contribution >= 4 is 22.6 Å². The third-order valence-corrected chi connectivity index (χ3v) is 4.76. The highest BCUT2D eigenvalue weighted by atomic mass is 127. The Labute approximate surface area is 133 Å². The molecule has 112 valence electrons. The van der Waals surface area contributed by atoms with Gasteiger partial charge in [0, 0.05) is 25.0 Å². The first-order valence-electron chi connectivity index (χ1n) is 6.89. The monoisotopic (exact) mass is 390 g/mol. The summed E-state index contributed by atoms with van der Waals surface area (Å²) in [6.07, 6.45) is 0. The standard InChI is InChI=1S/C14H23IN4O/c1-14(2,3)11-10(15)13(20)17-12(16-11)9-8-18(4)6-7-19(9)5/h9H,6-8H2,1-5H3,(H,16,17,20). The Morgan fingerprint density at radius 2 is 1.95 bits per heavy atom. The van der Waals surface area contributed by atoms with Gasteiger partial charge in [0.25, 0.3) is 5.56 Å². The number of halogens is 1. The van der Waals surface area contributed by atoms with Crippen LogP contribution < -0.4 is 5.56 Å². The number of piperazine rings is 1. The summed E-state index contributed by atoms with van der Waals surface area (Å²) in [5.74, 6) is 0.786. The maximum absolute atomic E-state index is 12.2. The lowest BCUT2D eigenvalue weighted by Crippen LogP contribution is -2.46. The van der Waals surface area contributed by atoms with Gasteiger partial charge in [0.2, 0.25) is 0 Å². The van der Waals surface area contributed by atoms with Crippen LogP contribution in [0.4, 0.5) is 0 Å². The number of hydrogen-bond acceptors (Lipinski definition) is 4. The lowest BCUT2D eigenvalue weighted by Gasteiger charge is -2.37. The van der Waals surface area contributed by atoms with Crippen molar-refractivity contribution in [2.75, 3.05) is 33.7 Å². The minimum atomic E-state index is -0.126. The van der Waals surface area contributed by atoms with Crippen molar-refractivity contribution in [3.05, 3.63) is 25.4 Å². The first-order valence-corrected chi connectivity index (χ1v) is 7.97. The van der Waals surface area contributed by atoms with Crippen LogP contribution in [0.5, 0.6) is 0 Å². The fourth-order valence-corrected chi connectivity index (χ4v) is 3.50. The molecule has 6 heteroatoms. The van der Waals surface area contributed by atoms with E-state index in [-0.39, 0.29) is 17.0 Å². The van der Waals surface area contributed by atoms with Crippen molar-refractivity contribution in [2.24, 2.45) is 0 Å². The van der Waals surface area contributed by atoms with Gasteiger partial charge in [0.05, 0.1) is 11.7 Å². The Morgan fingerprint density at radius 1 is 1.30 bits per heavy atom. The zero-order valence-electron chi connectivity index (χ0n) is 12.8. The highest BCUT2D eigenvalue weighted by Crippen LogP contribution is 2.26. The topological polar surface area (TPSA) is 52.2 Å². The van der Waals surface area contributed by atoms with Crippen molar-refractivity contribution in [3.8, 4) is 0 Å². The van der Waals surface area contributed by atoms with Gasteiger partial charge in [-0.15, -0.1) is 0 Å². The van der Waals surface area contributed by atoms with E-state index in [4.69, 9.17) is 4.98 Å². The predicted octanol–water partition coefficient (Wildman–Crippen LogP) is 1.59. The first-order chi connectivity index (χ1) is 9.20. The minimum absolute atomic E-state index is 0.0258. The van der Waals surface area contributed by atoms with E-state index in [1.165, 1.54) is 0 Å². The Bertz CT molecular complexity index is 549. The first kappa shape index (κ1) is 15.9. The summed E-state index contributed by atoms with van der Waals surface area (Å²) < 4.78 is 0.700. The van der Waals surface area contributed by atoms with Crippen LogP contribution >= 0.6 is 22.6 Å². The normalized spacial score (nSPS) is 22.2. The number of aromatic nitrogens is 2. The molecule has 0 amide bonds. The average molecular weight is 390 g/mol. The number of hydrogen-bond donors (Lipinski definition) is 1. The molecule has 0 bridgehead atoms. The van der Waals surface area contributed by atoms with E-state index < -0.39 is 0 Å². The third kappa shape index (κ3) is 3.23. The van der Waals surface area contributed by atoms with Gasteiger partial charge in [-0.05, 0) is 36.7 Å². The maximum atomic E-state index is 12.2. The molecule has 1 unspecified atom stereocenters. The van der Waals surface area contributed by atoms with Crippen LogP contribution in [-0.2, 0) is 5.41 Å². The maximum Gasteiger partial charge on any atom is 0.264 e. The molecule has 1 atom stereocenters. The second kappa shape index (κ2) is 5.73. The van der Waals surface area contributed by atoms with Crippen molar-refractivity contribution in [1.82, 2.24) is 19.8 Å². The summed E-state index contributed by atoms with van der Waals surface area (Å²) in [5.41, 5.74) is 0.735. The van der Waals surface area contributed by atoms with E-state index in [0.717, 1.165) is 31.2 Å². The number of likely N-dealkylation sites (N-methyl/N-ethyl adjacent to an activating group) is 2. The van der Waals surface area contributed by atoms with Crippen molar-refractivity contribution in [2.45, 2.75) is 32.2 Å². The SMILES string of the molecule is CN1CCN(C)C(c2nc(C(C)(C)C)c(I)c(=O)[nH]2)C1. The minimum Gasteiger partial charge on any atom is -0.308 e. The Kier molecular flexibility index (Phi) is 4.56. The smallest absolute Gasteiger partial charge is 0.264 e. The van der Waals surface area contributed by atoms with E-state index >= 15 is 0 Å². The van der Waals surface area contributed by atoms with E-state index in [1.807, 2.05) is 0 Å². The Morgan fingerprint density at radius 3 is 2.55 bits per heavy atom. The fourth-order valence-electron chi connectivity index (χ4n) is 2.44. The summed E-state index contributed by atoms with van der Waals surface area (Å²) in [6, 6.07) is 0.152. The lowest BCUT2D eigenvalue weighted by molar-refractivity contribution is 0.109. The van der Waals surface area contributed by atoms with Crippen LogP contribution in [-0.4, -0.2) is 53.5 Å². The molecule has 1 aliphatic rings. The van der Waals surface area contributed by atoms with E-state index in [1.54, 1.807) is 0 Å². The van der Waals surface area contributed by atoms with Crippen LogP contribution in [0.3, 0.4) is 0 Å². The molecule has 20 heavy (non-hydrogen) atoms. The summed E-state index contributed by atoms with van der Waals surface area (Å²) in [6.45, 7) is 9.21. The number of aromatic amines is 1. The second-order valence-corrected chi connectivity index (χ2v) is 7.70. The number of nitrogens with zero attached hydrogens (tertiary/aromatic N) is 3. The molecule has 1 aromatic heterocycles. The van der Waals surface area contributed by atoms with Crippen LogP contribution in [0.15, 0.2) is 4.79 Å². The molecule has 2 heterocycles. The van der Waals surface area contributed by atoms with Crippen LogP contribution in [0.25, 0.3) is 0 Å². The van der Waals surface area contributed by atoms with Crippen molar-refractivity contribution < 1.29 is 0 Å². The van der Waals surface area contributed by atoms with Gasteiger partial charge in [-0.25, -0.2) is 4.98 Å². The van der Waals surface area contributed by atoms with E-state index in [0.29, 0.717) is 3.57 Å². The highest BCUT2D eigenvalue weighted by molar-refractivity contribution is 14.1. The van der Waals surface area contributed by atoms with Gasteiger partial charge in [-0.2, -0.15) is 0 Å². The van der Waals surface area contributed by atoms with Crippen molar-refractivity contribution in [1.29, 1.82) is 0 Å². The fraction of sp³-hybridized carbons (Fsp3) is 0.714. The molecule has 2 rings (SSSR count). The number of rotatable bonds is 1. The Balaban J connectivity index is 2.47. The summed E-state index contributed by atoms with van der Waals surface area (Å²) in [4.78, 5) is 24.5. The summed E-state index contributed by atoms with van der Waals surface area (Å²) >= 11 is 2.10. The molecule has 0 aliphatic carbocycles. The molecular weight excluding hydrogens is 367 g/mol. The third-order valence-electron chi connectivity index (χ3n) is 3.76. The van der Waals surface area contributed by atoms with E-state index in [2.05, 4.69) is 72.2 Å². The zero-order valence-corrected chi connectivity index (χ0v) is 15.0. The zero-order chi connectivity index (χ0) is 15.1. The molecule has 5 nitrogen and oxygen atoms in total. The van der Waals surface area contributed by atoms with Gasteiger partial charge >= 0.3 is 0 Å². The average Bonchev–Trinajstić information content (AvgIpc) is 2.34. The molecule has 0 aromatic carbocycles. The van der Waals surface area contributed by atoms with Gasteiger partial charge in [0.1, 0.15) is 9.39 Å². The number of nitrogens with one attached hydrogen (secondary N) is 1. The van der Waals surface area contributed by atoms with Gasteiger partial charge in [-0.1, -0.05) is 20.8 Å². The molecular formula is C14H23IN4O. The lowest BCUT2D eigenvalue weighted by atomic mass is 9.92. The predicted molar refractivity (Wildman–Crippen MR) is 89.1 cm³/mol. The van der Waals surface area contributed by atoms with Gasteiger partial charge < -0.3 is 9.88 Å². The quantitative estimate of drug-likeness (QED) is 0.741. The summed E-state index contributed by atoms with van der Waals surface area (Å²) in [7, 11) is 4.20. The molecule has 1 saturated heterocycles. The van der Waals surface area contributed by atoms with Crippen LogP contribution in [0.1, 0.15) is 38.3 Å². The second-order valence-electron chi connectivity index (χ2n) is 6.62. The molecule has 1 N–H and O–H groups in total. The molecule has 0 spiro atoms. The van der Waals surface area contributed by atoms with Gasteiger partial charge in [-0.3, -0.25) is 9.69 Å². The van der Waals surface area contributed by atoms with Crippen LogP contribution in [0.2, 0.25) is 0 Å². The van der Waals surface area contributed by atoms with E-state index in [9.17, 15) is 4.79 Å². The molecule has 0 saturated carbocycles. The van der Waals surface area contributed by atoms with Gasteiger partial charge in [0.15, 0.2) is 0 Å². The largest absolute Gasteiger partial charge is 0.308 e. The molecule has 1 aliphatic heterocycles. The highest BCUT2D eigenvalue weighted by Gasteiger charge is 2.29. The molecule has 0 radical (unpaired) electrons. The number of H-pyrrole nitrogens is 1. The summed E-state index contributed by atoms with van der Waals surface area (Å²) in [5, 5.41) is 0. The van der Waals surface area contributed by atoms with Crippen LogP contribution in [0, 0.1) is 3.57 Å². The molecule has 1 aromatic rings. The van der Waals surface area contributed by atoms with Crippen molar-refractivity contribution in [3.63, 3.8) is 0 Å². The Hall–Kier alpha value is -0.470. The molecule has 1 fully saturated rings.